The van der Waals surface area contributed by atoms with E-state index >= 15 is 0 Å². The molecule has 3 nitrogen and oxygen atoms in total. The van der Waals surface area contributed by atoms with Crippen LogP contribution in [0.2, 0.25) is 0 Å². The van der Waals surface area contributed by atoms with Gasteiger partial charge in [-0.05, 0) is 41.1 Å². The summed E-state index contributed by atoms with van der Waals surface area (Å²) in [6, 6.07) is 2.82. The maximum Gasteiger partial charge on any atom is 0.336 e. The van der Waals surface area contributed by atoms with Crippen LogP contribution < -0.4 is 0 Å². The normalized spacial score (nSPS) is 10.6. The fourth-order valence-corrected chi connectivity index (χ4v) is 3.45. The molecule has 7 heteroatoms. The fourth-order valence-electron chi connectivity index (χ4n) is 1.67. The highest BCUT2D eigenvalue weighted by Crippen LogP contribution is 2.30. The van der Waals surface area contributed by atoms with Crippen LogP contribution in [0.3, 0.4) is 0 Å². The van der Waals surface area contributed by atoms with Crippen molar-refractivity contribution < 1.29 is 23.5 Å². The van der Waals surface area contributed by atoms with Crippen LogP contribution in [-0.2, 0) is 0 Å². The van der Waals surface area contributed by atoms with Crippen LogP contribution in [0, 0.1) is 18.6 Å². The lowest BCUT2D eigenvalue weighted by molar-refractivity contribution is 0.0692. The lowest BCUT2D eigenvalue weighted by atomic mass is 10.0. The molecule has 0 aliphatic heterocycles. The van der Waals surface area contributed by atoms with Crippen molar-refractivity contribution in [2.45, 2.75) is 6.92 Å². The molecule has 0 aliphatic carbocycles. The van der Waals surface area contributed by atoms with Gasteiger partial charge < -0.3 is 5.11 Å². The molecular formula is C13H7BrF2O3S. The van der Waals surface area contributed by atoms with E-state index in [2.05, 4.69) is 15.9 Å². The summed E-state index contributed by atoms with van der Waals surface area (Å²) in [6.45, 7) is 1.77. The summed E-state index contributed by atoms with van der Waals surface area (Å²) in [6.07, 6.45) is 0. The number of hydrogen-bond donors (Lipinski definition) is 1. The van der Waals surface area contributed by atoms with E-state index in [1.165, 1.54) is 0 Å². The van der Waals surface area contributed by atoms with Gasteiger partial charge in [0.05, 0.1) is 10.4 Å². The van der Waals surface area contributed by atoms with Gasteiger partial charge in [-0.1, -0.05) is 0 Å². The van der Waals surface area contributed by atoms with Crippen molar-refractivity contribution in [2.24, 2.45) is 0 Å². The standard InChI is InChI=1S/C13H7BrF2O3S/c1-5-2-8(14)12(20-5)11(17)6-3-9(15)10(16)4-7(6)13(18)19/h2-4H,1H3,(H,18,19). The minimum Gasteiger partial charge on any atom is -0.478 e. The number of carbonyl (C=O) groups excluding carboxylic acids is 1. The number of carboxylic acids is 1. The monoisotopic (exact) mass is 360 g/mol. The van der Waals surface area contributed by atoms with Crippen molar-refractivity contribution in [1.29, 1.82) is 0 Å². The van der Waals surface area contributed by atoms with Crippen molar-refractivity contribution in [2.75, 3.05) is 0 Å². The van der Waals surface area contributed by atoms with Crippen molar-refractivity contribution in [3.05, 3.63) is 55.2 Å². The zero-order valence-electron chi connectivity index (χ0n) is 10.0. The van der Waals surface area contributed by atoms with E-state index in [0.717, 1.165) is 16.2 Å². The molecule has 2 rings (SSSR count). The first kappa shape index (κ1) is 14.8. The highest BCUT2D eigenvalue weighted by molar-refractivity contribution is 9.10. The first-order valence-corrected chi connectivity index (χ1v) is 6.95. The second-order valence-corrected chi connectivity index (χ2v) is 6.09. The molecular weight excluding hydrogens is 354 g/mol. The maximum absolute atomic E-state index is 13.3. The number of carboxylic acid groups (broad SMARTS) is 1. The molecule has 0 fully saturated rings. The van der Waals surface area contributed by atoms with Gasteiger partial charge in [-0.2, -0.15) is 0 Å². The number of rotatable bonds is 3. The molecule has 1 aromatic heterocycles. The summed E-state index contributed by atoms with van der Waals surface area (Å²) >= 11 is 4.33. The molecule has 1 heterocycles. The molecule has 1 N–H and O–H groups in total. The van der Waals surface area contributed by atoms with Crippen molar-refractivity contribution in [3.63, 3.8) is 0 Å². The van der Waals surface area contributed by atoms with E-state index in [0.29, 0.717) is 16.6 Å². The second kappa shape index (κ2) is 5.41. The number of halogens is 3. The van der Waals surface area contributed by atoms with Crippen molar-refractivity contribution in [3.8, 4) is 0 Å². The summed E-state index contributed by atoms with van der Waals surface area (Å²) in [5, 5.41) is 9.00. The third-order valence-corrected chi connectivity index (χ3v) is 4.49. The molecule has 0 amide bonds. The third-order valence-electron chi connectivity index (χ3n) is 2.55. The van der Waals surface area contributed by atoms with Gasteiger partial charge in [-0.25, -0.2) is 13.6 Å². The van der Waals surface area contributed by atoms with E-state index < -0.39 is 29.0 Å². The molecule has 104 valence electrons. The predicted octanol–water partition coefficient (Wildman–Crippen LogP) is 4.03. The molecule has 0 unspecified atom stereocenters. The summed E-state index contributed by atoms with van der Waals surface area (Å²) in [5.74, 6) is -4.72. The summed E-state index contributed by atoms with van der Waals surface area (Å²) < 4.78 is 26.9. The van der Waals surface area contributed by atoms with Gasteiger partial charge in [0.1, 0.15) is 0 Å². The van der Waals surface area contributed by atoms with Crippen molar-refractivity contribution >= 4 is 39.0 Å². The first-order chi connectivity index (χ1) is 9.31. The molecule has 0 atom stereocenters. The van der Waals surface area contributed by atoms with Gasteiger partial charge >= 0.3 is 5.97 Å². The number of ketones is 1. The van der Waals surface area contributed by atoms with Crippen LogP contribution in [0.15, 0.2) is 22.7 Å². The second-order valence-electron chi connectivity index (χ2n) is 3.98. The summed E-state index contributed by atoms with van der Waals surface area (Å²) in [5.41, 5.74) is -0.939. The molecule has 0 bridgehead atoms. The van der Waals surface area contributed by atoms with Gasteiger partial charge in [-0.15, -0.1) is 11.3 Å². The number of thiophene rings is 1. The maximum atomic E-state index is 13.3. The minimum absolute atomic E-state index is 0.246. The Labute approximate surface area is 125 Å². The van der Waals surface area contributed by atoms with Crippen LogP contribution in [0.25, 0.3) is 0 Å². The van der Waals surface area contributed by atoms with Crippen LogP contribution in [-0.4, -0.2) is 16.9 Å². The predicted molar refractivity (Wildman–Crippen MR) is 73.5 cm³/mol. The van der Waals surface area contributed by atoms with Crippen LogP contribution in [0.5, 0.6) is 0 Å². The highest BCUT2D eigenvalue weighted by atomic mass is 79.9. The lowest BCUT2D eigenvalue weighted by Crippen LogP contribution is -2.11. The fraction of sp³-hybridized carbons (Fsp3) is 0.0769. The number of benzene rings is 1. The van der Waals surface area contributed by atoms with E-state index in [-0.39, 0.29) is 10.4 Å². The zero-order valence-corrected chi connectivity index (χ0v) is 12.4. The Morgan fingerprint density at radius 1 is 1.15 bits per heavy atom. The van der Waals surface area contributed by atoms with Gasteiger partial charge in [0.15, 0.2) is 11.6 Å². The van der Waals surface area contributed by atoms with Crippen LogP contribution in [0.1, 0.15) is 30.5 Å². The number of carbonyl (C=O) groups is 2. The van der Waals surface area contributed by atoms with Gasteiger partial charge in [0.2, 0.25) is 5.78 Å². The van der Waals surface area contributed by atoms with Gasteiger partial charge in [-0.3, -0.25) is 4.79 Å². The Kier molecular flexibility index (Phi) is 4.01. The third kappa shape index (κ3) is 2.64. The van der Waals surface area contributed by atoms with E-state index in [9.17, 15) is 18.4 Å². The topological polar surface area (TPSA) is 54.4 Å². The minimum atomic E-state index is -1.49. The lowest BCUT2D eigenvalue weighted by Gasteiger charge is -2.05. The Bertz CT molecular complexity index is 725. The summed E-state index contributed by atoms with van der Waals surface area (Å²) in [4.78, 5) is 24.4. The Balaban J connectivity index is 2.62. The molecule has 0 saturated carbocycles. The Hall–Kier alpha value is -1.60. The summed E-state index contributed by atoms with van der Waals surface area (Å²) in [7, 11) is 0. The van der Waals surface area contributed by atoms with Crippen LogP contribution in [0.4, 0.5) is 8.78 Å². The van der Waals surface area contributed by atoms with E-state index in [1.54, 1.807) is 13.0 Å². The Morgan fingerprint density at radius 3 is 2.15 bits per heavy atom. The van der Waals surface area contributed by atoms with Gasteiger partial charge in [0.25, 0.3) is 0 Å². The van der Waals surface area contributed by atoms with Crippen LogP contribution >= 0.6 is 27.3 Å². The SMILES string of the molecule is Cc1cc(Br)c(C(=O)c2cc(F)c(F)cc2C(=O)O)s1. The van der Waals surface area contributed by atoms with Gasteiger partial charge in [0, 0.05) is 14.9 Å². The Morgan fingerprint density at radius 2 is 1.70 bits per heavy atom. The van der Waals surface area contributed by atoms with E-state index in [1.807, 2.05) is 0 Å². The number of aryl methyl sites for hydroxylation is 1. The molecule has 0 aliphatic rings. The average molecular weight is 361 g/mol. The quantitative estimate of drug-likeness (QED) is 0.840. The highest BCUT2D eigenvalue weighted by Gasteiger charge is 2.24. The van der Waals surface area contributed by atoms with E-state index in [4.69, 9.17) is 5.11 Å². The zero-order chi connectivity index (χ0) is 15.0. The molecule has 2 aromatic rings. The molecule has 20 heavy (non-hydrogen) atoms. The molecule has 0 spiro atoms. The largest absolute Gasteiger partial charge is 0.478 e. The van der Waals surface area contributed by atoms with Crippen molar-refractivity contribution in [1.82, 2.24) is 0 Å². The first-order valence-electron chi connectivity index (χ1n) is 5.34. The molecule has 0 radical (unpaired) electrons. The number of hydrogen-bond acceptors (Lipinski definition) is 3. The molecule has 0 saturated heterocycles. The molecule has 1 aromatic carbocycles. The smallest absolute Gasteiger partial charge is 0.336 e. The average Bonchev–Trinajstić information content (AvgIpc) is 2.70. The number of aromatic carboxylic acids is 1.